The third-order valence-electron chi connectivity index (χ3n) is 2.50. The maximum Gasteiger partial charge on any atom is 0.266 e. The molecule has 0 radical (unpaired) electrons. The summed E-state index contributed by atoms with van der Waals surface area (Å²) in [6, 6.07) is 5.23. The highest BCUT2D eigenvalue weighted by Crippen LogP contribution is 2.33. The van der Waals surface area contributed by atoms with Gasteiger partial charge in [0.2, 0.25) is 0 Å². The molecule has 0 aliphatic carbocycles. The number of rotatable bonds is 3. The lowest BCUT2D eigenvalue weighted by atomic mass is 10.2. The lowest BCUT2D eigenvalue weighted by molar-refractivity contribution is -0.367. The van der Waals surface area contributed by atoms with Gasteiger partial charge in [0, 0.05) is 0 Å². The van der Waals surface area contributed by atoms with Gasteiger partial charge in [-0.25, -0.2) is 0 Å². The van der Waals surface area contributed by atoms with Crippen molar-refractivity contribution in [3.63, 3.8) is 0 Å². The molecular formula is C12H11Cl2N2OS2+. The number of nitrogens with zero attached hydrogens (tertiary/aromatic N) is 1. The molecule has 3 N–H and O–H groups in total. The van der Waals surface area contributed by atoms with Crippen molar-refractivity contribution >= 4 is 63.5 Å². The first-order valence-corrected chi connectivity index (χ1v) is 7.50. The number of hydrogen-bond acceptors (Lipinski definition) is 3. The summed E-state index contributed by atoms with van der Waals surface area (Å²) in [5.41, 5.74) is 4.56. The molecule has 1 aromatic rings. The largest absolute Gasteiger partial charge is 0.356 e. The molecule has 2 rings (SSSR count). The van der Waals surface area contributed by atoms with Crippen LogP contribution in [0.2, 0.25) is 10.0 Å². The van der Waals surface area contributed by atoms with E-state index in [4.69, 9.17) is 35.4 Å². The van der Waals surface area contributed by atoms with Crippen LogP contribution in [0.1, 0.15) is 5.56 Å². The van der Waals surface area contributed by atoms with Crippen LogP contribution in [-0.4, -0.2) is 28.2 Å². The van der Waals surface area contributed by atoms with Crippen molar-refractivity contribution in [2.75, 3.05) is 13.1 Å². The quantitative estimate of drug-likeness (QED) is 0.682. The Labute approximate surface area is 130 Å². The summed E-state index contributed by atoms with van der Waals surface area (Å²) in [6.07, 6.45) is 1.77. The van der Waals surface area contributed by atoms with Crippen molar-refractivity contribution in [2.24, 2.45) is 0 Å². The molecule has 19 heavy (non-hydrogen) atoms. The number of halogens is 2. The van der Waals surface area contributed by atoms with Crippen LogP contribution in [0.5, 0.6) is 0 Å². The summed E-state index contributed by atoms with van der Waals surface area (Å²) in [6.45, 7) is 1.18. The van der Waals surface area contributed by atoms with Crippen LogP contribution in [0, 0.1) is 0 Å². The molecular weight excluding hydrogens is 323 g/mol. The van der Waals surface area contributed by atoms with Crippen molar-refractivity contribution in [3.8, 4) is 0 Å². The molecule has 0 atom stereocenters. The zero-order chi connectivity index (χ0) is 14.0. The standard InChI is InChI=1S/C12H10Cl2N2OS2/c13-8-2-1-7(5-9(8)14)6-10-11(17)16(4-3-15)12(18)19-10/h1-2,5-6H,3-4,15H2/p+1/b10-6-. The molecule has 0 bridgehead atoms. The van der Waals surface area contributed by atoms with Gasteiger partial charge in [0.25, 0.3) is 5.91 Å². The first-order chi connectivity index (χ1) is 9.02. The molecule has 0 unspecified atom stereocenters. The molecule has 0 spiro atoms. The molecule has 3 nitrogen and oxygen atoms in total. The van der Waals surface area contributed by atoms with Gasteiger partial charge in [0.05, 0.1) is 28.0 Å². The van der Waals surface area contributed by atoms with Gasteiger partial charge < -0.3 is 5.73 Å². The Morgan fingerprint density at radius 1 is 1.37 bits per heavy atom. The van der Waals surface area contributed by atoms with Crippen LogP contribution < -0.4 is 5.73 Å². The van der Waals surface area contributed by atoms with E-state index in [-0.39, 0.29) is 5.91 Å². The van der Waals surface area contributed by atoms with Crippen LogP contribution in [-0.2, 0) is 4.79 Å². The first kappa shape index (κ1) is 14.8. The SMILES string of the molecule is [NH3+]CCN1C(=O)/C(=C/c2ccc(Cl)c(Cl)c2)SC1=S. The Balaban J connectivity index is 2.27. The van der Waals surface area contributed by atoms with Crippen LogP contribution in [0.25, 0.3) is 6.08 Å². The van der Waals surface area contributed by atoms with Crippen LogP contribution in [0.4, 0.5) is 0 Å². The second-order valence-corrected chi connectivity index (χ2v) is 6.35. The minimum atomic E-state index is -0.0790. The predicted molar refractivity (Wildman–Crippen MR) is 84.1 cm³/mol. The van der Waals surface area contributed by atoms with Gasteiger partial charge in [0.1, 0.15) is 4.32 Å². The third kappa shape index (κ3) is 3.30. The second-order valence-electron chi connectivity index (χ2n) is 3.86. The van der Waals surface area contributed by atoms with E-state index < -0.39 is 0 Å². The third-order valence-corrected chi connectivity index (χ3v) is 4.61. The highest BCUT2D eigenvalue weighted by Gasteiger charge is 2.31. The minimum absolute atomic E-state index is 0.0790. The normalized spacial score (nSPS) is 17.6. The van der Waals surface area contributed by atoms with Gasteiger partial charge in [-0.2, -0.15) is 0 Å². The summed E-state index contributed by atoms with van der Waals surface area (Å²) in [7, 11) is 0. The van der Waals surface area contributed by atoms with E-state index >= 15 is 0 Å². The second kappa shape index (κ2) is 6.24. The van der Waals surface area contributed by atoms with Crippen LogP contribution in [0.15, 0.2) is 23.1 Å². The molecule has 0 saturated carbocycles. The molecule has 1 heterocycles. The maximum absolute atomic E-state index is 12.1. The Morgan fingerprint density at radius 2 is 2.11 bits per heavy atom. The van der Waals surface area contributed by atoms with Gasteiger partial charge in [-0.1, -0.05) is 53.2 Å². The lowest BCUT2D eigenvalue weighted by Crippen LogP contribution is -2.55. The highest BCUT2D eigenvalue weighted by molar-refractivity contribution is 8.26. The number of carbonyl (C=O) groups excluding carboxylic acids is 1. The number of hydrogen-bond donors (Lipinski definition) is 1. The molecule has 0 aromatic heterocycles. The highest BCUT2D eigenvalue weighted by atomic mass is 35.5. The van der Waals surface area contributed by atoms with Crippen molar-refractivity contribution in [1.82, 2.24) is 4.90 Å². The average molecular weight is 334 g/mol. The van der Waals surface area contributed by atoms with Crippen LogP contribution >= 0.6 is 47.2 Å². The molecule has 1 amide bonds. The van der Waals surface area contributed by atoms with Crippen molar-refractivity contribution in [3.05, 3.63) is 38.7 Å². The van der Waals surface area contributed by atoms with E-state index in [2.05, 4.69) is 5.73 Å². The number of benzene rings is 1. The summed E-state index contributed by atoms with van der Waals surface area (Å²) in [5.74, 6) is -0.0790. The average Bonchev–Trinajstić information content (AvgIpc) is 2.62. The van der Waals surface area contributed by atoms with Gasteiger partial charge in [0.15, 0.2) is 0 Å². The summed E-state index contributed by atoms with van der Waals surface area (Å²) in [5, 5.41) is 0.951. The van der Waals surface area contributed by atoms with E-state index in [0.717, 1.165) is 5.56 Å². The number of carbonyl (C=O) groups is 1. The Hall–Kier alpha value is -0.590. The zero-order valence-electron chi connectivity index (χ0n) is 9.86. The molecule has 1 saturated heterocycles. The molecule has 1 aromatic carbocycles. The number of thiocarbonyl (C=S) groups is 1. The minimum Gasteiger partial charge on any atom is -0.356 e. The summed E-state index contributed by atoms with van der Waals surface area (Å²) >= 11 is 18.3. The molecule has 7 heteroatoms. The van der Waals surface area contributed by atoms with E-state index in [1.165, 1.54) is 11.8 Å². The van der Waals surface area contributed by atoms with Gasteiger partial charge in [-0.3, -0.25) is 9.69 Å². The zero-order valence-corrected chi connectivity index (χ0v) is 13.0. The topological polar surface area (TPSA) is 48.0 Å². The smallest absolute Gasteiger partial charge is 0.266 e. The monoisotopic (exact) mass is 333 g/mol. The van der Waals surface area contributed by atoms with E-state index in [1.54, 1.807) is 23.1 Å². The first-order valence-electron chi connectivity index (χ1n) is 5.52. The molecule has 1 fully saturated rings. The van der Waals surface area contributed by atoms with E-state index in [1.807, 2.05) is 6.07 Å². The van der Waals surface area contributed by atoms with Crippen molar-refractivity contribution in [1.29, 1.82) is 0 Å². The van der Waals surface area contributed by atoms with Gasteiger partial charge in [-0.05, 0) is 23.8 Å². The van der Waals surface area contributed by atoms with E-state index in [9.17, 15) is 4.79 Å². The van der Waals surface area contributed by atoms with Gasteiger partial charge in [-0.15, -0.1) is 0 Å². The molecule has 1 aliphatic heterocycles. The van der Waals surface area contributed by atoms with Gasteiger partial charge >= 0.3 is 0 Å². The van der Waals surface area contributed by atoms with Crippen molar-refractivity contribution in [2.45, 2.75) is 0 Å². The summed E-state index contributed by atoms with van der Waals surface area (Å²) in [4.78, 5) is 14.3. The Bertz CT molecular complexity index is 575. The maximum atomic E-state index is 12.1. The molecule has 100 valence electrons. The Morgan fingerprint density at radius 3 is 2.74 bits per heavy atom. The number of quaternary nitrogens is 1. The fraction of sp³-hybridized carbons (Fsp3) is 0.167. The number of thioether (sulfide) groups is 1. The van der Waals surface area contributed by atoms with Crippen LogP contribution in [0.3, 0.4) is 0 Å². The Kier molecular flexibility index (Phi) is 4.86. The summed E-state index contributed by atoms with van der Waals surface area (Å²) < 4.78 is 0.569. The fourth-order valence-electron chi connectivity index (χ4n) is 1.60. The van der Waals surface area contributed by atoms with E-state index in [0.29, 0.717) is 32.4 Å². The lowest BCUT2D eigenvalue weighted by Gasteiger charge is -2.10. The number of amides is 1. The molecule has 1 aliphatic rings. The predicted octanol–water partition coefficient (Wildman–Crippen LogP) is 2.44. The van der Waals surface area contributed by atoms with Crippen molar-refractivity contribution < 1.29 is 10.5 Å². The fourth-order valence-corrected chi connectivity index (χ4v) is 3.22.